The highest BCUT2D eigenvalue weighted by Crippen LogP contribution is 2.33. The van der Waals surface area contributed by atoms with Crippen LogP contribution in [0.3, 0.4) is 0 Å². The molecule has 0 bridgehead atoms. The second kappa shape index (κ2) is 7.41. The molecule has 1 N–H and O–H groups in total. The number of aliphatic hydroxyl groups excluding tert-OH is 1. The van der Waals surface area contributed by atoms with Gasteiger partial charge in [0.05, 0.1) is 13.2 Å². The summed E-state index contributed by atoms with van der Waals surface area (Å²) in [5.74, 6) is 0.214. The molecule has 1 saturated heterocycles. The minimum atomic E-state index is -0.165. The summed E-state index contributed by atoms with van der Waals surface area (Å²) in [4.78, 5) is 16.7. The molecule has 2 rings (SSSR count). The molecule has 0 aromatic rings. The first kappa shape index (κ1) is 16.5. The van der Waals surface area contributed by atoms with Crippen molar-refractivity contribution < 1.29 is 9.90 Å². The number of carbonyl (C=O) groups is 1. The van der Waals surface area contributed by atoms with E-state index in [2.05, 4.69) is 18.5 Å². The first-order valence-corrected chi connectivity index (χ1v) is 8.30. The molecule has 1 aliphatic heterocycles. The predicted octanol–water partition coefficient (Wildman–Crippen LogP) is 2.04. The molecule has 1 heterocycles. The lowest BCUT2D eigenvalue weighted by atomic mass is 9.78. The molecule has 2 fully saturated rings. The molecule has 120 valence electrons. The molecule has 0 aromatic heterocycles. The average molecular weight is 294 g/mol. The molecular formula is C17H30N2O2. The quantitative estimate of drug-likeness (QED) is 0.762. The number of likely N-dealkylation sites (tertiary alicyclic amines) is 1. The van der Waals surface area contributed by atoms with Gasteiger partial charge in [0.1, 0.15) is 0 Å². The van der Waals surface area contributed by atoms with E-state index in [0.717, 1.165) is 25.8 Å². The third-order valence-corrected chi connectivity index (χ3v) is 5.26. The van der Waals surface area contributed by atoms with Gasteiger partial charge in [-0.2, -0.15) is 0 Å². The van der Waals surface area contributed by atoms with Gasteiger partial charge in [0, 0.05) is 24.5 Å². The van der Waals surface area contributed by atoms with E-state index in [4.69, 9.17) is 0 Å². The Kier molecular flexibility index (Phi) is 5.82. The monoisotopic (exact) mass is 294 g/mol. The van der Waals surface area contributed by atoms with Gasteiger partial charge in [0.25, 0.3) is 0 Å². The molecule has 0 spiro atoms. The normalized spacial score (nSPS) is 27.3. The van der Waals surface area contributed by atoms with Crippen LogP contribution in [-0.2, 0) is 4.79 Å². The summed E-state index contributed by atoms with van der Waals surface area (Å²) in [6.45, 7) is 5.95. The maximum Gasteiger partial charge on any atom is 0.236 e. The lowest BCUT2D eigenvalue weighted by molar-refractivity contribution is -0.136. The maximum absolute atomic E-state index is 12.5. The van der Waals surface area contributed by atoms with Crippen LogP contribution in [0.1, 0.15) is 44.9 Å². The van der Waals surface area contributed by atoms with Crippen LogP contribution in [0.5, 0.6) is 0 Å². The summed E-state index contributed by atoms with van der Waals surface area (Å²) in [6, 6.07) is 0.578. The number of amides is 1. The van der Waals surface area contributed by atoms with Gasteiger partial charge in [-0.1, -0.05) is 18.9 Å². The number of allylic oxidation sites excluding steroid dienone is 1. The number of piperidine rings is 1. The number of hydrogen-bond donors (Lipinski definition) is 1. The molecule has 1 aliphatic carbocycles. The number of hydrogen-bond acceptors (Lipinski definition) is 3. The first-order chi connectivity index (χ1) is 10.1. The minimum absolute atomic E-state index is 0.140. The zero-order valence-electron chi connectivity index (χ0n) is 13.4. The van der Waals surface area contributed by atoms with Crippen LogP contribution in [0.15, 0.2) is 12.7 Å². The molecule has 0 unspecified atom stereocenters. The molecule has 4 heteroatoms. The fourth-order valence-corrected chi connectivity index (χ4v) is 3.87. The highest BCUT2D eigenvalue weighted by molar-refractivity contribution is 5.78. The van der Waals surface area contributed by atoms with Gasteiger partial charge in [-0.25, -0.2) is 0 Å². The van der Waals surface area contributed by atoms with Crippen LogP contribution in [-0.4, -0.2) is 60.1 Å². The lowest BCUT2D eigenvalue weighted by Gasteiger charge is -2.42. The van der Waals surface area contributed by atoms with E-state index in [-0.39, 0.29) is 17.9 Å². The van der Waals surface area contributed by atoms with Gasteiger partial charge in [-0.05, 0) is 39.2 Å². The number of aliphatic hydroxyl groups is 1. The van der Waals surface area contributed by atoms with E-state index >= 15 is 0 Å². The van der Waals surface area contributed by atoms with E-state index in [0.29, 0.717) is 19.1 Å². The van der Waals surface area contributed by atoms with Crippen molar-refractivity contribution in [3.05, 3.63) is 12.7 Å². The zero-order valence-corrected chi connectivity index (χ0v) is 13.4. The Labute approximate surface area is 128 Å². The largest absolute Gasteiger partial charge is 0.396 e. The van der Waals surface area contributed by atoms with Crippen LogP contribution < -0.4 is 0 Å². The molecule has 0 radical (unpaired) electrons. The summed E-state index contributed by atoms with van der Waals surface area (Å²) in [7, 11) is 2.07. The van der Waals surface area contributed by atoms with Crippen LogP contribution in [0, 0.1) is 5.41 Å². The number of carbonyl (C=O) groups excluding carboxylic acids is 1. The third-order valence-electron chi connectivity index (χ3n) is 5.26. The van der Waals surface area contributed by atoms with E-state index in [1.807, 2.05) is 11.0 Å². The molecule has 1 amide bonds. The highest BCUT2D eigenvalue weighted by atomic mass is 16.3. The van der Waals surface area contributed by atoms with Crippen molar-refractivity contribution >= 4 is 5.91 Å². The van der Waals surface area contributed by atoms with Crippen LogP contribution in [0.4, 0.5) is 0 Å². The van der Waals surface area contributed by atoms with Crippen molar-refractivity contribution in [3.8, 4) is 0 Å². The summed E-state index contributed by atoms with van der Waals surface area (Å²) < 4.78 is 0. The summed E-state index contributed by atoms with van der Waals surface area (Å²) in [5, 5.41) is 9.73. The lowest BCUT2D eigenvalue weighted by Crippen LogP contribution is -2.50. The van der Waals surface area contributed by atoms with Crippen molar-refractivity contribution in [3.63, 3.8) is 0 Å². The van der Waals surface area contributed by atoms with Crippen molar-refractivity contribution in [2.24, 2.45) is 5.41 Å². The minimum Gasteiger partial charge on any atom is -0.396 e. The number of nitrogens with zero attached hydrogens (tertiary/aromatic N) is 2. The van der Waals surface area contributed by atoms with Gasteiger partial charge in [-0.3, -0.25) is 9.69 Å². The van der Waals surface area contributed by atoms with E-state index < -0.39 is 0 Å². The second-order valence-electron chi connectivity index (χ2n) is 6.92. The highest BCUT2D eigenvalue weighted by Gasteiger charge is 2.36. The maximum atomic E-state index is 12.5. The van der Waals surface area contributed by atoms with Gasteiger partial charge in [-0.15, -0.1) is 6.58 Å². The summed E-state index contributed by atoms with van der Waals surface area (Å²) >= 11 is 0. The predicted molar refractivity (Wildman–Crippen MR) is 85.0 cm³/mol. The third kappa shape index (κ3) is 4.07. The molecule has 4 nitrogen and oxygen atoms in total. The van der Waals surface area contributed by atoms with Crippen molar-refractivity contribution in [1.29, 1.82) is 0 Å². The Bertz CT molecular complexity index is 366. The Morgan fingerprint density at radius 2 is 2.14 bits per heavy atom. The van der Waals surface area contributed by atoms with Crippen molar-refractivity contribution in [2.75, 3.05) is 33.3 Å². The summed E-state index contributed by atoms with van der Waals surface area (Å²) in [6.07, 6.45) is 9.65. The van der Waals surface area contributed by atoms with E-state index in [1.165, 1.54) is 25.7 Å². The Hall–Kier alpha value is -0.870. The van der Waals surface area contributed by atoms with Crippen molar-refractivity contribution in [2.45, 2.75) is 51.0 Å². The topological polar surface area (TPSA) is 43.8 Å². The average Bonchev–Trinajstić information content (AvgIpc) is 3.02. The number of rotatable bonds is 6. The fraction of sp³-hybridized carbons (Fsp3) is 0.824. The van der Waals surface area contributed by atoms with Crippen LogP contribution >= 0.6 is 0 Å². The molecular weight excluding hydrogens is 264 g/mol. The Morgan fingerprint density at radius 1 is 1.43 bits per heavy atom. The van der Waals surface area contributed by atoms with E-state index in [1.54, 1.807) is 0 Å². The zero-order chi connectivity index (χ0) is 15.3. The van der Waals surface area contributed by atoms with E-state index in [9.17, 15) is 9.90 Å². The smallest absolute Gasteiger partial charge is 0.236 e. The molecule has 0 aromatic carbocycles. The van der Waals surface area contributed by atoms with Gasteiger partial charge in [0.15, 0.2) is 0 Å². The number of likely N-dealkylation sites (N-methyl/N-ethyl adjacent to an activating group) is 1. The van der Waals surface area contributed by atoms with Crippen molar-refractivity contribution in [1.82, 2.24) is 9.80 Å². The molecule has 2 aliphatic rings. The van der Waals surface area contributed by atoms with Gasteiger partial charge < -0.3 is 10.0 Å². The molecule has 1 saturated carbocycles. The Morgan fingerprint density at radius 3 is 2.76 bits per heavy atom. The Balaban J connectivity index is 1.90. The van der Waals surface area contributed by atoms with Crippen LogP contribution in [0.2, 0.25) is 0 Å². The van der Waals surface area contributed by atoms with Gasteiger partial charge >= 0.3 is 0 Å². The standard InChI is InChI=1S/C17H30N2O2/c1-3-9-17(14-20)10-6-11-19(13-17)16(21)12-18(2)15-7-4-5-8-15/h3,15,20H,1,4-14H2,2H3/t17-/m0/s1. The first-order valence-electron chi connectivity index (χ1n) is 8.30. The van der Waals surface area contributed by atoms with Crippen LogP contribution in [0.25, 0.3) is 0 Å². The molecule has 21 heavy (non-hydrogen) atoms. The summed E-state index contributed by atoms with van der Waals surface area (Å²) in [5.41, 5.74) is -0.165. The SMILES string of the molecule is C=CC[C@]1(CO)CCCN(C(=O)CN(C)C2CCCC2)C1. The second-order valence-corrected chi connectivity index (χ2v) is 6.92. The van der Waals surface area contributed by atoms with Gasteiger partial charge in [0.2, 0.25) is 5.91 Å². The fourth-order valence-electron chi connectivity index (χ4n) is 3.87. The molecule has 1 atom stereocenters.